The van der Waals surface area contributed by atoms with Crippen LogP contribution in [-0.4, -0.2) is 55.1 Å². The van der Waals surface area contributed by atoms with Crippen LogP contribution < -0.4 is 0 Å². The second kappa shape index (κ2) is 9.13. The van der Waals surface area contributed by atoms with Gasteiger partial charge in [0.05, 0.1) is 5.56 Å². The summed E-state index contributed by atoms with van der Waals surface area (Å²) < 4.78 is 26.1. The molecule has 0 aromatic heterocycles. The Bertz CT molecular complexity index is 700. The van der Waals surface area contributed by atoms with E-state index in [0.29, 0.717) is 0 Å². The highest BCUT2D eigenvalue weighted by molar-refractivity contribution is 5.89. The molecule has 0 amide bonds. The van der Waals surface area contributed by atoms with Gasteiger partial charge in [-0.1, -0.05) is 18.2 Å². The van der Waals surface area contributed by atoms with Crippen LogP contribution in [0.15, 0.2) is 30.3 Å². The Labute approximate surface area is 155 Å². The van der Waals surface area contributed by atoms with E-state index in [4.69, 9.17) is 23.7 Å². The van der Waals surface area contributed by atoms with Gasteiger partial charge in [-0.3, -0.25) is 14.4 Å². The summed E-state index contributed by atoms with van der Waals surface area (Å²) in [5.74, 6) is -2.64. The highest BCUT2D eigenvalue weighted by Crippen LogP contribution is 2.29. The van der Waals surface area contributed by atoms with E-state index in [9.17, 15) is 19.2 Å². The molecule has 27 heavy (non-hydrogen) atoms. The number of esters is 4. The first-order chi connectivity index (χ1) is 12.8. The zero-order valence-corrected chi connectivity index (χ0v) is 15.1. The summed E-state index contributed by atoms with van der Waals surface area (Å²) in [5, 5.41) is 0. The molecule has 0 spiro atoms. The summed E-state index contributed by atoms with van der Waals surface area (Å²) in [4.78, 5) is 46.3. The molecule has 146 valence electrons. The number of benzene rings is 1. The van der Waals surface area contributed by atoms with Crippen molar-refractivity contribution >= 4 is 23.9 Å². The highest BCUT2D eigenvalue weighted by Gasteiger charge is 2.51. The maximum atomic E-state index is 12.3. The molecule has 2 rings (SSSR count). The normalized spacial score (nSPS) is 24.0. The molecule has 1 aromatic rings. The second-order valence-electron chi connectivity index (χ2n) is 5.76. The van der Waals surface area contributed by atoms with Gasteiger partial charge in [0.1, 0.15) is 12.7 Å². The Morgan fingerprint density at radius 2 is 1.44 bits per heavy atom. The van der Waals surface area contributed by atoms with Crippen molar-refractivity contribution in [2.24, 2.45) is 0 Å². The lowest BCUT2D eigenvalue weighted by Gasteiger charge is -2.22. The molecule has 1 heterocycles. The third-order valence-corrected chi connectivity index (χ3v) is 3.56. The first-order valence-corrected chi connectivity index (χ1v) is 8.17. The van der Waals surface area contributed by atoms with E-state index in [2.05, 4.69) is 0 Å². The summed E-state index contributed by atoms with van der Waals surface area (Å²) in [6.07, 6.45) is -4.64. The lowest BCUT2D eigenvalue weighted by molar-refractivity contribution is -0.175. The van der Waals surface area contributed by atoms with Crippen LogP contribution in [0.4, 0.5) is 0 Å². The van der Waals surface area contributed by atoms with Gasteiger partial charge in [-0.25, -0.2) is 4.79 Å². The average Bonchev–Trinajstić information content (AvgIpc) is 2.89. The van der Waals surface area contributed by atoms with Gasteiger partial charge < -0.3 is 23.7 Å². The van der Waals surface area contributed by atoms with E-state index in [0.717, 1.165) is 13.8 Å². The summed E-state index contributed by atoms with van der Waals surface area (Å²) in [5.41, 5.74) is 0.259. The maximum Gasteiger partial charge on any atom is 0.340 e. The SMILES string of the molecule is CC(=O)OC[C@H]1O[C@@H](OC(=O)c2ccccc2)[C@H](OC(C)=O)[C@H]1OC(C)=O. The van der Waals surface area contributed by atoms with Crippen molar-refractivity contribution in [2.45, 2.75) is 45.4 Å². The molecule has 1 saturated heterocycles. The molecule has 0 unspecified atom stereocenters. The van der Waals surface area contributed by atoms with Gasteiger partial charge in [0, 0.05) is 20.8 Å². The number of carbonyl (C=O) groups is 4. The summed E-state index contributed by atoms with van der Waals surface area (Å²) >= 11 is 0. The minimum Gasteiger partial charge on any atom is -0.463 e. The fourth-order valence-corrected chi connectivity index (χ4v) is 2.52. The van der Waals surface area contributed by atoms with Crippen LogP contribution in [-0.2, 0) is 38.1 Å². The molecular formula is C18H20O9. The van der Waals surface area contributed by atoms with Crippen molar-refractivity contribution in [3.05, 3.63) is 35.9 Å². The van der Waals surface area contributed by atoms with Crippen molar-refractivity contribution < 1.29 is 42.9 Å². The molecule has 1 fully saturated rings. The van der Waals surface area contributed by atoms with Gasteiger partial charge in [-0.05, 0) is 12.1 Å². The highest BCUT2D eigenvalue weighted by atomic mass is 16.8. The largest absolute Gasteiger partial charge is 0.463 e. The van der Waals surface area contributed by atoms with Crippen LogP contribution in [0.25, 0.3) is 0 Å². The van der Waals surface area contributed by atoms with Crippen molar-refractivity contribution in [3.63, 3.8) is 0 Å². The summed E-state index contributed by atoms with van der Waals surface area (Å²) in [7, 11) is 0. The van der Waals surface area contributed by atoms with E-state index < -0.39 is 48.5 Å². The number of carbonyl (C=O) groups excluding carboxylic acids is 4. The summed E-state index contributed by atoms with van der Waals surface area (Å²) in [6, 6.07) is 8.12. The van der Waals surface area contributed by atoms with Crippen LogP contribution in [0.3, 0.4) is 0 Å². The fraction of sp³-hybridized carbons (Fsp3) is 0.444. The van der Waals surface area contributed by atoms with E-state index in [1.165, 1.54) is 19.1 Å². The lowest BCUT2D eigenvalue weighted by Crippen LogP contribution is -2.42. The van der Waals surface area contributed by atoms with Gasteiger partial charge in [-0.15, -0.1) is 0 Å². The van der Waals surface area contributed by atoms with Crippen molar-refractivity contribution in [1.82, 2.24) is 0 Å². The predicted molar refractivity (Wildman–Crippen MR) is 88.3 cm³/mol. The molecule has 9 heteroatoms. The summed E-state index contributed by atoms with van der Waals surface area (Å²) in [6.45, 7) is 3.24. The monoisotopic (exact) mass is 380 g/mol. The Balaban J connectivity index is 2.21. The topological polar surface area (TPSA) is 114 Å². The smallest absolute Gasteiger partial charge is 0.340 e. The van der Waals surface area contributed by atoms with Crippen molar-refractivity contribution in [1.29, 1.82) is 0 Å². The molecule has 1 aliphatic rings. The second-order valence-corrected chi connectivity index (χ2v) is 5.76. The molecule has 0 radical (unpaired) electrons. The maximum absolute atomic E-state index is 12.3. The van der Waals surface area contributed by atoms with Crippen molar-refractivity contribution in [2.75, 3.05) is 6.61 Å². The Hall–Kier alpha value is -2.94. The number of hydrogen-bond acceptors (Lipinski definition) is 9. The Kier molecular flexibility index (Phi) is 6.89. The first kappa shape index (κ1) is 20.4. The molecular weight excluding hydrogens is 360 g/mol. The van der Waals surface area contributed by atoms with E-state index in [1.54, 1.807) is 18.2 Å². The molecule has 0 bridgehead atoms. The number of ether oxygens (including phenoxy) is 5. The average molecular weight is 380 g/mol. The van der Waals surface area contributed by atoms with Crippen LogP contribution in [0.1, 0.15) is 31.1 Å². The molecule has 4 atom stereocenters. The Morgan fingerprint density at radius 3 is 2.00 bits per heavy atom. The van der Waals surface area contributed by atoms with Gasteiger partial charge in [-0.2, -0.15) is 0 Å². The third kappa shape index (κ3) is 5.78. The van der Waals surface area contributed by atoms with Gasteiger partial charge >= 0.3 is 23.9 Å². The van der Waals surface area contributed by atoms with Crippen LogP contribution >= 0.6 is 0 Å². The standard InChI is InChI=1S/C18H20O9/c1-10(19)23-9-14-15(24-11(2)20)16(25-12(3)21)18(26-14)27-17(22)13-7-5-4-6-8-13/h4-8,14-16,18H,9H2,1-3H3/t14-,15+,16-,18+/m1/s1. The lowest BCUT2D eigenvalue weighted by atomic mass is 10.1. The quantitative estimate of drug-likeness (QED) is 0.526. The fourth-order valence-electron chi connectivity index (χ4n) is 2.52. The van der Waals surface area contributed by atoms with Crippen LogP contribution in [0, 0.1) is 0 Å². The molecule has 9 nitrogen and oxygen atoms in total. The number of rotatable bonds is 6. The molecule has 0 aliphatic carbocycles. The molecule has 1 aliphatic heterocycles. The van der Waals surface area contributed by atoms with Gasteiger partial charge in [0.15, 0.2) is 6.10 Å². The minimum absolute atomic E-state index is 0.259. The van der Waals surface area contributed by atoms with E-state index >= 15 is 0 Å². The zero-order valence-electron chi connectivity index (χ0n) is 15.1. The first-order valence-electron chi connectivity index (χ1n) is 8.17. The van der Waals surface area contributed by atoms with Crippen LogP contribution in [0.5, 0.6) is 0 Å². The molecule has 0 N–H and O–H groups in total. The molecule has 1 aromatic carbocycles. The van der Waals surface area contributed by atoms with Gasteiger partial charge in [0.2, 0.25) is 12.4 Å². The Morgan fingerprint density at radius 1 is 0.852 bits per heavy atom. The van der Waals surface area contributed by atoms with E-state index in [-0.39, 0.29) is 12.2 Å². The predicted octanol–water partition coefficient (Wildman–Crippen LogP) is 0.995. The van der Waals surface area contributed by atoms with Crippen LogP contribution in [0.2, 0.25) is 0 Å². The van der Waals surface area contributed by atoms with Crippen molar-refractivity contribution in [3.8, 4) is 0 Å². The third-order valence-electron chi connectivity index (χ3n) is 3.56. The van der Waals surface area contributed by atoms with Gasteiger partial charge in [0.25, 0.3) is 0 Å². The minimum atomic E-state index is -1.34. The zero-order chi connectivity index (χ0) is 20.0. The van der Waals surface area contributed by atoms with E-state index in [1.807, 2.05) is 0 Å². The molecule has 0 saturated carbocycles. The number of hydrogen-bond donors (Lipinski definition) is 0.